The van der Waals surface area contributed by atoms with E-state index in [0.29, 0.717) is 6.42 Å². The molecule has 0 aliphatic heterocycles. The van der Waals surface area contributed by atoms with Gasteiger partial charge in [0.05, 0.1) is 0 Å². The maximum absolute atomic E-state index is 10.3. The molecule has 0 aromatic heterocycles. The largest absolute Gasteiger partial charge is 0.356 e. The minimum Gasteiger partial charge on any atom is -0.356 e. The van der Waals surface area contributed by atoms with Crippen LogP contribution in [0.25, 0.3) is 0 Å². The first-order chi connectivity index (χ1) is 9.08. The smallest absolute Gasteiger partial charge is 0.219 e. The fourth-order valence-electron chi connectivity index (χ4n) is 2.10. The van der Waals surface area contributed by atoms with E-state index < -0.39 is 0 Å². The number of nitrogens with one attached hydrogen (secondary N) is 1. The zero-order valence-electron chi connectivity index (χ0n) is 12.5. The van der Waals surface area contributed by atoms with Gasteiger partial charge < -0.3 is 5.32 Å². The lowest BCUT2D eigenvalue weighted by Gasteiger charge is -2.18. The monoisotopic (exact) mass is 259 g/mol. The molecule has 2 heteroatoms. The Morgan fingerprint density at radius 3 is 1.84 bits per heavy atom. The van der Waals surface area contributed by atoms with Crippen LogP contribution >= 0.6 is 0 Å². The van der Waals surface area contributed by atoms with Gasteiger partial charge in [-0.3, -0.25) is 4.79 Å². The second-order valence-corrected chi connectivity index (χ2v) is 4.99. The van der Waals surface area contributed by atoms with E-state index in [1.54, 1.807) is 11.1 Å². The van der Waals surface area contributed by atoms with E-state index >= 15 is 0 Å². The van der Waals surface area contributed by atoms with Gasteiger partial charge in [-0.25, -0.2) is 0 Å². The van der Waals surface area contributed by atoms with Crippen molar-refractivity contribution in [1.82, 2.24) is 5.32 Å². The molecule has 2 rings (SSSR count). The van der Waals surface area contributed by atoms with Gasteiger partial charge in [0.1, 0.15) is 0 Å². The van der Waals surface area contributed by atoms with Gasteiger partial charge in [0, 0.05) is 13.0 Å². The van der Waals surface area contributed by atoms with Crippen LogP contribution in [-0.4, -0.2) is 12.5 Å². The lowest BCUT2D eigenvalue weighted by molar-refractivity contribution is -0.120. The molecule has 0 atom stereocenters. The molecule has 0 radical (unpaired) electrons. The number of hydrogen-bond donors (Lipinski definition) is 1. The lowest BCUT2D eigenvalue weighted by atomic mass is 9.88. The van der Waals surface area contributed by atoms with Crippen LogP contribution in [0.4, 0.5) is 0 Å². The first-order valence-corrected chi connectivity index (χ1v) is 7.07. The van der Waals surface area contributed by atoms with Gasteiger partial charge in [0.15, 0.2) is 0 Å². The number of amides is 1. The van der Waals surface area contributed by atoms with Gasteiger partial charge >= 0.3 is 0 Å². The van der Waals surface area contributed by atoms with Crippen molar-refractivity contribution >= 4 is 5.91 Å². The molecule has 104 valence electrons. The third-order valence-corrected chi connectivity index (χ3v) is 3.45. The third kappa shape index (κ3) is 4.90. The van der Waals surface area contributed by atoms with Gasteiger partial charge in [0.2, 0.25) is 5.91 Å². The molecular weight excluding hydrogens is 234 g/mol. The van der Waals surface area contributed by atoms with Crippen molar-refractivity contribution in [1.29, 1.82) is 0 Å². The summed E-state index contributed by atoms with van der Waals surface area (Å²) < 4.78 is 0. The average Bonchev–Trinajstić information content (AvgIpc) is 2.41. The highest BCUT2D eigenvalue weighted by Gasteiger charge is 2.10. The highest BCUT2D eigenvalue weighted by Crippen LogP contribution is 2.24. The Morgan fingerprint density at radius 2 is 1.53 bits per heavy atom. The molecule has 2 nitrogen and oxygen atoms in total. The van der Waals surface area contributed by atoms with Crippen LogP contribution in [-0.2, 0) is 17.6 Å². The second kappa shape index (κ2) is 7.78. The number of allylic oxidation sites excluding steroid dienone is 2. The topological polar surface area (TPSA) is 29.1 Å². The van der Waals surface area contributed by atoms with Crippen molar-refractivity contribution in [3.05, 3.63) is 46.5 Å². The van der Waals surface area contributed by atoms with Gasteiger partial charge in [-0.15, -0.1) is 0 Å². The van der Waals surface area contributed by atoms with E-state index in [1.807, 2.05) is 13.8 Å². The molecule has 0 spiro atoms. The van der Waals surface area contributed by atoms with Crippen molar-refractivity contribution in [3.63, 3.8) is 0 Å². The van der Waals surface area contributed by atoms with E-state index in [-0.39, 0.29) is 5.91 Å². The molecule has 0 saturated carbocycles. The molecule has 1 amide bonds. The Morgan fingerprint density at radius 1 is 1.05 bits per heavy atom. The normalized spacial score (nSPS) is 13.3. The van der Waals surface area contributed by atoms with Crippen molar-refractivity contribution in [3.8, 4) is 0 Å². The number of carbonyl (C=O) groups excluding carboxylic acids is 1. The SMILES string of the molecule is CC1=C(C)Cc2ccccc2C1.CCNC(=O)CC. The summed E-state index contributed by atoms with van der Waals surface area (Å²) in [5.74, 6) is 0.127. The maximum Gasteiger partial charge on any atom is 0.219 e. The Hall–Kier alpha value is -1.57. The number of fused-ring (bicyclic) bond motifs is 1. The Bertz CT molecular complexity index is 427. The summed E-state index contributed by atoms with van der Waals surface area (Å²) in [5, 5.41) is 2.66. The van der Waals surface area contributed by atoms with E-state index in [1.165, 1.54) is 11.1 Å². The molecule has 0 bridgehead atoms. The van der Waals surface area contributed by atoms with Crippen LogP contribution < -0.4 is 5.32 Å². The average molecular weight is 259 g/mol. The van der Waals surface area contributed by atoms with Crippen molar-refractivity contribution < 1.29 is 4.79 Å². The molecule has 1 aliphatic rings. The maximum atomic E-state index is 10.3. The van der Waals surface area contributed by atoms with Gasteiger partial charge in [-0.2, -0.15) is 0 Å². The summed E-state index contributed by atoms with van der Waals surface area (Å²) in [6.07, 6.45) is 2.90. The van der Waals surface area contributed by atoms with Gasteiger partial charge in [-0.1, -0.05) is 42.3 Å². The standard InChI is InChI=1S/C12H14.C5H11NO/c1-9-7-11-5-3-4-6-12(11)8-10(9)2;1-3-5(7)6-4-2/h3-6H,7-8H2,1-2H3;3-4H2,1-2H3,(H,6,7). The van der Waals surface area contributed by atoms with Crippen molar-refractivity contribution in [2.45, 2.75) is 47.0 Å². The fourth-order valence-corrected chi connectivity index (χ4v) is 2.10. The van der Waals surface area contributed by atoms with Crippen LogP contribution in [0.15, 0.2) is 35.4 Å². The number of benzene rings is 1. The van der Waals surface area contributed by atoms with Crippen molar-refractivity contribution in [2.24, 2.45) is 0 Å². The lowest BCUT2D eigenvalue weighted by Crippen LogP contribution is -2.20. The quantitative estimate of drug-likeness (QED) is 0.807. The molecule has 1 N–H and O–H groups in total. The summed E-state index contributed by atoms with van der Waals surface area (Å²) in [4.78, 5) is 10.3. The van der Waals surface area contributed by atoms with Crippen molar-refractivity contribution in [2.75, 3.05) is 6.54 Å². The summed E-state index contributed by atoms with van der Waals surface area (Å²) >= 11 is 0. The van der Waals surface area contributed by atoms with E-state index in [4.69, 9.17) is 0 Å². The summed E-state index contributed by atoms with van der Waals surface area (Å²) in [5.41, 5.74) is 6.13. The van der Waals surface area contributed by atoms with Crippen LogP contribution in [0.5, 0.6) is 0 Å². The van der Waals surface area contributed by atoms with Gasteiger partial charge in [-0.05, 0) is 44.7 Å². The Balaban J connectivity index is 0.000000224. The number of carbonyl (C=O) groups is 1. The summed E-state index contributed by atoms with van der Waals surface area (Å²) in [6.45, 7) is 8.97. The zero-order chi connectivity index (χ0) is 14.3. The first-order valence-electron chi connectivity index (χ1n) is 7.07. The highest BCUT2D eigenvalue weighted by molar-refractivity contribution is 5.75. The minimum atomic E-state index is 0.127. The van der Waals surface area contributed by atoms with Gasteiger partial charge in [0.25, 0.3) is 0 Å². The number of hydrogen-bond acceptors (Lipinski definition) is 1. The summed E-state index contributed by atoms with van der Waals surface area (Å²) in [7, 11) is 0. The van der Waals surface area contributed by atoms with E-state index in [2.05, 4.69) is 43.4 Å². The Labute approximate surface area is 116 Å². The second-order valence-electron chi connectivity index (χ2n) is 4.99. The Kier molecular flexibility index (Phi) is 6.34. The molecule has 0 fully saturated rings. The van der Waals surface area contributed by atoms with Crippen LogP contribution in [0, 0.1) is 0 Å². The summed E-state index contributed by atoms with van der Waals surface area (Å²) in [6, 6.07) is 8.75. The van der Waals surface area contributed by atoms with Crippen LogP contribution in [0.3, 0.4) is 0 Å². The molecule has 19 heavy (non-hydrogen) atoms. The molecule has 0 unspecified atom stereocenters. The van der Waals surface area contributed by atoms with E-state index in [9.17, 15) is 4.79 Å². The minimum absolute atomic E-state index is 0.127. The molecular formula is C17H25NO. The zero-order valence-corrected chi connectivity index (χ0v) is 12.5. The molecule has 1 aromatic rings. The predicted molar refractivity (Wildman–Crippen MR) is 81.2 cm³/mol. The third-order valence-electron chi connectivity index (χ3n) is 3.45. The predicted octanol–water partition coefficient (Wildman–Crippen LogP) is 3.65. The van der Waals surface area contributed by atoms with E-state index in [0.717, 1.165) is 19.4 Å². The molecule has 1 aliphatic carbocycles. The molecule has 1 aromatic carbocycles. The molecule has 0 heterocycles. The molecule has 0 saturated heterocycles. The highest BCUT2D eigenvalue weighted by atomic mass is 16.1. The first kappa shape index (κ1) is 15.5. The number of rotatable bonds is 2. The van der Waals surface area contributed by atoms with Crippen LogP contribution in [0.2, 0.25) is 0 Å². The van der Waals surface area contributed by atoms with Crippen LogP contribution in [0.1, 0.15) is 45.2 Å². The fraction of sp³-hybridized carbons (Fsp3) is 0.471.